The highest BCUT2D eigenvalue weighted by molar-refractivity contribution is 7.89. The number of fused-ring (bicyclic) bond motifs is 1. The fourth-order valence-corrected chi connectivity index (χ4v) is 5.38. The average molecular weight is 415 g/mol. The maximum absolute atomic E-state index is 13.1. The Kier molecular flexibility index (Phi) is 5.32. The number of piperidine rings is 1. The van der Waals surface area contributed by atoms with Gasteiger partial charge in [0.05, 0.1) is 4.90 Å². The van der Waals surface area contributed by atoms with Gasteiger partial charge in [0.2, 0.25) is 10.0 Å². The van der Waals surface area contributed by atoms with E-state index in [4.69, 9.17) is 11.6 Å². The fraction of sp³-hybridized carbons (Fsp3) is 0.273. The molecule has 1 aliphatic heterocycles. The van der Waals surface area contributed by atoms with E-state index in [9.17, 15) is 8.42 Å². The lowest BCUT2D eigenvalue weighted by Crippen LogP contribution is -2.42. The molecule has 1 N–H and O–H groups in total. The maximum atomic E-state index is 13.1. The molecule has 4 nitrogen and oxygen atoms in total. The Balaban J connectivity index is 1.47. The molecule has 28 heavy (non-hydrogen) atoms. The fourth-order valence-electron chi connectivity index (χ4n) is 3.70. The smallest absolute Gasteiger partial charge is 0.243 e. The zero-order chi connectivity index (χ0) is 19.7. The van der Waals surface area contributed by atoms with Crippen LogP contribution in [-0.2, 0) is 10.0 Å². The summed E-state index contributed by atoms with van der Waals surface area (Å²) >= 11 is 6.20. The van der Waals surface area contributed by atoms with E-state index in [2.05, 4.69) is 5.32 Å². The first kappa shape index (κ1) is 19.2. The lowest BCUT2D eigenvalue weighted by atomic mass is 10.1. The summed E-state index contributed by atoms with van der Waals surface area (Å²) < 4.78 is 27.8. The lowest BCUT2D eigenvalue weighted by molar-refractivity contribution is 0.329. The summed E-state index contributed by atoms with van der Waals surface area (Å²) in [5.41, 5.74) is 2.04. The van der Waals surface area contributed by atoms with Gasteiger partial charge in [-0.1, -0.05) is 48.0 Å². The summed E-state index contributed by atoms with van der Waals surface area (Å²) in [6, 6.07) is 19.2. The molecule has 1 heterocycles. The first-order valence-electron chi connectivity index (χ1n) is 9.46. The van der Waals surface area contributed by atoms with E-state index in [0.29, 0.717) is 18.0 Å². The molecule has 146 valence electrons. The number of rotatable bonds is 4. The minimum atomic E-state index is -3.48. The summed E-state index contributed by atoms with van der Waals surface area (Å²) in [6.07, 6.45) is 1.53. The van der Waals surface area contributed by atoms with Crippen LogP contribution >= 0.6 is 11.6 Å². The van der Waals surface area contributed by atoms with Gasteiger partial charge in [-0.3, -0.25) is 0 Å². The third kappa shape index (κ3) is 3.75. The van der Waals surface area contributed by atoms with E-state index < -0.39 is 10.0 Å². The highest BCUT2D eigenvalue weighted by atomic mass is 35.5. The molecule has 0 atom stereocenters. The zero-order valence-electron chi connectivity index (χ0n) is 15.7. The first-order valence-corrected chi connectivity index (χ1v) is 11.3. The van der Waals surface area contributed by atoms with Crippen LogP contribution < -0.4 is 5.32 Å². The Morgan fingerprint density at radius 2 is 1.68 bits per heavy atom. The van der Waals surface area contributed by atoms with Gasteiger partial charge in [0.25, 0.3) is 0 Å². The predicted molar refractivity (Wildman–Crippen MR) is 116 cm³/mol. The molecule has 3 aromatic carbocycles. The summed E-state index contributed by atoms with van der Waals surface area (Å²) in [6.45, 7) is 3.00. The number of hydrogen-bond acceptors (Lipinski definition) is 3. The van der Waals surface area contributed by atoms with E-state index in [1.807, 2.05) is 55.5 Å². The molecule has 0 spiro atoms. The molecular weight excluding hydrogens is 392 g/mol. The molecule has 0 saturated carbocycles. The van der Waals surface area contributed by atoms with Crippen LogP contribution in [0.15, 0.2) is 65.6 Å². The third-order valence-electron chi connectivity index (χ3n) is 5.44. The second-order valence-electron chi connectivity index (χ2n) is 7.24. The van der Waals surface area contributed by atoms with Crippen molar-refractivity contribution < 1.29 is 8.42 Å². The van der Waals surface area contributed by atoms with Crippen molar-refractivity contribution in [1.82, 2.24) is 4.31 Å². The van der Waals surface area contributed by atoms with Gasteiger partial charge in [-0.05, 0) is 60.4 Å². The Hall–Kier alpha value is -2.08. The standard InChI is InChI=1S/C22H23ClN2O2S/c1-16-21(23)7-4-8-22(16)24-19-11-13-25(14-12-19)28(26,27)20-10-9-17-5-2-3-6-18(17)15-20/h2-10,15,19,24H,11-14H2,1H3. The molecule has 6 heteroatoms. The Labute approximate surface area is 171 Å². The van der Waals surface area contributed by atoms with Crippen molar-refractivity contribution in [2.45, 2.75) is 30.7 Å². The summed E-state index contributed by atoms with van der Waals surface area (Å²) in [4.78, 5) is 0.364. The first-order chi connectivity index (χ1) is 13.4. The highest BCUT2D eigenvalue weighted by Gasteiger charge is 2.29. The van der Waals surface area contributed by atoms with Crippen LogP contribution in [0.1, 0.15) is 18.4 Å². The Bertz CT molecular complexity index is 1110. The van der Waals surface area contributed by atoms with Crippen molar-refractivity contribution in [3.63, 3.8) is 0 Å². The quantitative estimate of drug-likeness (QED) is 0.648. The Morgan fingerprint density at radius 3 is 2.43 bits per heavy atom. The number of hydrogen-bond donors (Lipinski definition) is 1. The minimum Gasteiger partial charge on any atom is -0.382 e. The number of sulfonamides is 1. The molecule has 1 saturated heterocycles. The molecule has 1 aliphatic rings. The SMILES string of the molecule is Cc1c(Cl)cccc1NC1CCN(S(=O)(=O)c2ccc3ccccc3c2)CC1. The van der Waals surface area contributed by atoms with Gasteiger partial charge >= 0.3 is 0 Å². The monoisotopic (exact) mass is 414 g/mol. The van der Waals surface area contributed by atoms with Crippen molar-refractivity contribution in [1.29, 1.82) is 0 Å². The molecule has 1 fully saturated rings. The predicted octanol–water partition coefficient (Wildman–Crippen LogP) is 5.07. The number of nitrogens with zero attached hydrogens (tertiary/aromatic N) is 1. The number of halogens is 1. The van der Waals surface area contributed by atoms with Gasteiger partial charge in [-0.25, -0.2) is 8.42 Å². The van der Waals surface area contributed by atoms with E-state index in [1.165, 1.54) is 0 Å². The molecule has 0 aromatic heterocycles. The highest BCUT2D eigenvalue weighted by Crippen LogP contribution is 2.28. The molecule has 0 unspecified atom stereocenters. The van der Waals surface area contributed by atoms with E-state index in [1.54, 1.807) is 16.4 Å². The van der Waals surface area contributed by atoms with Crippen LogP contribution in [0.5, 0.6) is 0 Å². The minimum absolute atomic E-state index is 0.236. The molecule has 4 rings (SSSR count). The second kappa shape index (κ2) is 7.74. The maximum Gasteiger partial charge on any atom is 0.243 e. The van der Waals surface area contributed by atoms with E-state index in [-0.39, 0.29) is 6.04 Å². The molecule has 0 bridgehead atoms. The average Bonchev–Trinajstić information content (AvgIpc) is 2.71. The van der Waals surface area contributed by atoms with Gasteiger partial charge in [-0.2, -0.15) is 4.31 Å². The number of nitrogens with one attached hydrogen (secondary N) is 1. The van der Waals surface area contributed by atoms with Crippen molar-refractivity contribution in [3.8, 4) is 0 Å². The van der Waals surface area contributed by atoms with Crippen LogP contribution in [0.2, 0.25) is 5.02 Å². The largest absolute Gasteiger partial charge is 0.382 e. The topological polar surface area (TPSA) is 49.4 Å². The van der Waals surface area contributed by atoms with Gasteiger partial charge in [-0.15, -0.1) is 0 Å². The van der Waals surface area contributed by atoms with E-state index >= 15 is 0 Å². The van der Waals surface area contributed by atoms with Crippen molar-refractivity contribution >= 4 is 38.1 Å². The van der Waals surface area contributed by atoms with Crippen molar-refractivity contribution in [3.05, 3.63) is 71.2 Å². The van der Waals surface area contributed by atoms with E-state index in [0.717, 1.165) is 39.9 Å². The van der Waals surface area contributed by atoms with Crippen molar-refractivity contribution in [2.24, 2.45) is 0 Å². The second-order valence-corrected chi connectivity index (χ2v) is 9.59. The van der Waals surface area contributed by atoms with Crippen molar-refractivity contribution in [2.75, 3.05) is 18.4 Å². The Morgan fingerprint density at radius 1 is 0.964 bits per heavy atom. The third-order valence-corrected chi connectivity index (χ3v) is 7.74. The van der Waals surface area contributed by atoms with Gasteiger partial charge in [0.15, 0.2) is 0 Å². The van der Waals surface area contributed by atoms with Gasteiger partial charge in [0, 0.05) is 29.8 Å². The zero-order valence-corrected chi connectivity index (χ0v) is 17.3. The van der Waals surface area contributed by atoms with Crippen LogP contribution in [-0.4, -0.2) is 31.9 Å². The van der Waals surface area contributed by atoms with Crippen LogP contribution in [0.25, 0.3) is 10.8 Å². The summed E-state index contributed by atoms with van der Waals surface area (Å²) in [5.74, 6) is 0. The lowest BCUT2D eigenvalue weighted by Gasteiger charge is -2.32. The molecule has 0 radical (unpaired) electrons. The summed E-state index contributed by atoms with van der Waals surface area (Å²) in [7, 11) is -3.48. The van der Waals surface area contributed by atoms with Crippen LogP contribution in [0.3, 0.4) is 0 Å². The number of anilines is 1. The molecule has 0 aliphatic carbocycles. The van der Waals surface area contributed by atoms with Crippen LogP contribution in [0.4, 0.5) is 5.69 Å². The van der Waals surface area contributed by atoms with Gasteiger partial charge in [0.1, 0.15) is 0 Å². The normalized spacial score (nSPS) is 16.4. The van der Waals surface area contributed by atoms with Crippen LogP contribution in [0, 0.1) is 6.92 Å². The molecule has 3 aromatic rings. The van der Waals surface area contributed by atoms with Gasteiger partial charge < -0.3 is 5.32 Å². The number of benzene rings is 3. The molecule has 0 amide bonds. The molecular formula is C22H23ClN2O2S. The summed E-state index contributed by atoms with van der Waals surface area (Å²) in [5, 5.41) is 6.24.